The zero-order valence-electron chi connectivity index (χ0n) is 10.8. The van der Waals surface area contributed by atoms with Crippen molar-refractivity contribution in [3.05, 3.63) is 43.5 Å². The van der Waals surface area contributed by atoms with Crippen molar-refractivity contribution in [3.63, 3.8) is 0 Å². The van der Waals surface area contributed by atoms with Crippen LogP contribution in [0.4, 0.5) is 11.4 Å². The summed E-state index contributed by atoms with van der Waals surface area (Å²) in [6, 6.07) is 1.21. The third-order valence-corrected chi connectivity index (χ3v) is 2.67. The number of non-ortho nitro benzene ring substituents is 1. The highest BCUT2D eigenvalue weighted by Gasteiger charge is 2.25. The lowest BCUT2D eigenvalue weighted by Crippen LogP contribution is -2.35. The highest BCUT2D eigenvalue weighted by molar-refractivity contribution is 5.97. The molecule has 1 amide bonds. The van der Waals surface area contributed by atoms with Crippen molar-refractivity contribution in [1.82, 2.24) is 5.32 Å². The van der Waals surface area contributed by atoms with E-state index in [0.717, 1.165) is 12.1 Å². The summed E-state index contributed by atoms with van der Waals surface area (Å²) in [4.78, 5) is 31.9. The van der Waals surface area contributed by atoms with Crippen molar-refractivity contribution < 1.29 is 19.7 Å². The standard InChI is InChI=1S/C11H13N3O6/c1-6(5-15)12-11(16)9-3-8(13(17)18)4-10(7(9)2)14(19)20/h3-4,6,15H,5H2,1-2H3,(H,12,16). The van der Waals surface area contributed by atoms with Crippen molar-refractivity contribution in [2.45, 2.75) is 19.9 Å². The molecule has 108 valence electrons. The Bertz CT molecular complexity index is 572. The number of aliphatic hydroxyl groups excluding tert-OH is 1. The summed E-state index contributed by atoms with van der Waals surface area (Å²) >= 11 is 0. The molecular weight excluding hydrogens is 270 g/mol. The van der Waals surface area contributed by atoms with E-state index >= 15 is 0 Å². The maximum absolute atomic E-state index is 11.9. The van der Waals surface area contributed by atoms with E-state index in [9.17, 15) is 25.0 Å². The molecule has 0 fully saturated rings. The number of hydrogen-bond acceptors (Lipinski definition) is 6. The van der Waals surface area contributed by atoms with E-state index in [4.69, 9.17) is 5.11 Å². The smallest absolute Gasteiger partial charge is 0.279 e. The topological polar surface area (TPSA) is 136 Å². The molecule has 0 aliphatic rings. The van der Waals surface area contributed by atoms with Crippen LogP contribution in [0, 0.1) is 27.2 Å². The fourth-order valence-corrected chi connectivity index (χ4v) is 1.56. The molecule has 0 saturated heterocycles. The third kappa shape index (κ3) is 3.26. The minimum Gasteiger partial charge on any atom is -0.394 e. The Morgan fingerprint density at radius 3 is 2.40 bits per heavy atom. The predicted octanol–water partition coefficient (Wildman–Crippen LogP) is 0.922. The maximum atomic E-state index is 11.9. The third-order valence-electron chi connectivity index (χ3n) is 2.67. The lowest BCUT2D eigenvalue weighted by Gasteiger charge is -2.12. The summed E-state index contributed by atoms with van der Waals surface area (Å²) in [5, 5.41) is 32.9. The van der Waals surface area contributed by atoms with E-state index in [-0.39, 0.29) is 17.7 Å². The van der Waals surface area contributed by atoms with Crippen LogP contribution < -0.4 is 5.32 Å². The van der Waals surface area contributed by atoms with E-state index < -0.39 is 33.2 Å². The molecule has 1 atom stereocenters. The van der Waals surface area contributed by atoms with Gasteiger partial charge in [0.15, 0.2) is 0 Å². The summed E-state index contributed by atoms with van der Waals surface area (Å²) < 4.78 is 0. The first-order chi connectivity index (χ1) is 9.27. The van der Waals surface area contributed by atoms with Gasteiger partial charge in [-0.25, -0.2) is 0 Å². The van der Waals surface area contributed by atoms with Gasteiger partial charge < -0.3 is 10.4 Å². The zero-order chi connectivity index (χ0) is 15.4. The summed E-state index contributed by atoms with van der Waals surface area (Å²) in [5.74, 6) is -0.712. The number of hydrogen-bond donors (Lipinski definition) is 2. The van der Waals surface area contributed by atoms with Gasteiger partial charge in [0.05, 0.1) is 28.1 Å². The summed E-state index contributed by atoms with van der Waals surface area (Å²) in [5.41, 5.74) is -1.17. The van der Waals surface area contributed by atoms with E-state index in [1.165, 1.54) is 13.8 Å². The first-order valence-electron chi connectivity index (χ1n) is 5.63. The predicted molar refractivity (Wildman–Crippen MR) is 68.5 cm³/mol. The molecule has 0 heterocycles. The molecule has 0 aliphatic heterocycles. The lowest BCUT2D eigenvalue weighted by atomic mass is 10.0. The van der Waals surface area contributed by atoms with Crippen molar-refractivity contribution >= 4 is 17.3 Å². The van der Waals surface area contributed by atoms with Gasteiger partial charge in [0.2, 0.25) is 0 Å². The first-order valence-corrected chi connectivity index (χ1v) is 5.63. The Kier molecular flexibility index (Phi) is 4.70. The number of aliphatic hydroxyl groups is 1. The van der Waals surface area contributed by atoms with Crippen LogP contribution in [0.25, 0.3) is 0 Å². The van der Waals surface area contributed by atoms with Crippen LogP contribution in [0.5, 0.6) is 0 Å². The fourth-order valence-electron chi connectivity index (χ4n) is 1.56. The number of nitrogens with zero attached hydrogens (tertiary/aromatic N) is 2. The van der Waals surface area contributed by atoms with Gasteiger partial charge >= 0.3 is 0 Å². The zero-order valence-corrected chi connectivity index (χ0v) is 10.8. The van der Waals surface area contributed by atoms with Gasteiger partial charge in [-0.2, -0.15) is 0 Å². The molecule has 20 heavy (non-hydrogen) atoms. The Hall–Kier alpha value is -2.55. The minimum absolute atomic E-state index is 0.0308. The molecule has 1 unspecified atom stereocenters. The van der Waals surface area contributed by atoms with Crippen LogP contribution in [-0.4, -0.2) is 33.5 Å². The molecule has 1 rings (SSSR count). The number of nitro groups is 2. The second-order valence-corrected chi connectivity index (χ2v) is 4.21. The molecule has 0 bridgehead atoms. The fraction of sp³-hybridized carbons (Fsp3) is 0.364. The van der Waals surface area contributed by atoms with E-state index in [1.54, 1.807) is 0 Å². The van der Waals surface area contributed by atoms with Crippen LogP contribution in [0.2, 0.25) is 0 Å². The second kappa shape index (κ2) is 6.06. The number of rotatable bonds is 5. The van der Waals surface area contributed by atoms with Crippen LogP contribution in [-0.2, 0) is 0 Å². The van der Waals surface area contributed by atoms with Gasteiger partial charge in [-0.15, -0.1) is 0 Å². The number of nitro benzene ring substituents is 2. The van der Waals surface area contributed by atoms with E-state index in [1.807, 2.05) is 0 Å². The van der Waals surface area contributed by atoms with Gasteiger partial charge in [-0.1, -0.05) is 0 Å². The van der Waals surface area contributed by atoms with Crippen molar-refractivity contribution in [3.8, 4) is 0 Å². The highest BCUT2D eigenvalue weighted by Crippen LogP contribution is 2.27. The molecule has 1 aromatic rings. The quantitative estimate of drug-likeness (QED) is 0.609. The molecule has 0 aliphatic carbocycles. The lowest BCUT2D eigenvalue weighted by molar-refractivity contribution is -0.394. The summed E-state index contributed by atoms with van der Waals surface area (Å²) in [7, 11) is 0. The van der Waals surface area contributed by atoms with Crippen LogP contribution in [0.1, 0.15) is 22.8 Å². The van der Waals surface area contributed by atoms with Gasteiger partial charge in [-0.05, 0) is 13.8 Å². The number of carbonyl (C=O) groups is 1. The largest absolute Gasteiger partial charge is 0.394 e. The molecule has 9 nitrogen and oxygen atoms in total. The van der Waals surface area contributed by atoms with Crippen LogP contribution >= 0.6 is 0 Å². The van der Waals surface area contributed by atoms with Gasteiger partial charge in [0.25, 0.3) is 17.3 Å². The summed E-state index contributed by atoms with van der Waals surface area (Å²) in [6.45, 7) is 2.54. The number of amides is 1. The van der Waals surface area contributed by atoms with E-state index in [0.29, 0.717) is 0 Å². The molecule has 2 N–H and O–H groups in total. The Labute approximate surface area is 113 Å². The molecule has 1 aromatic carbocycles. The molecule has 0 spiro atoms. The molecule has 0 radical (unpaired) electrons. The monoisotopic (exact) mass is 283 g/mol. The van der Waals surface area contributed by atoms with Crippen molar-refractivity contribution in [2.24, 2.45) is 0 Å². The SMILES string of the molecule is Cc1c(C(=O)NC(C)CO)cc([N+](=O)[O-])cc1[N+](=O)[O-]. The average molecular weight is 283 g/mol. The van der Waals surface area contributed by atoms with Crippen LogP contribution in [0.15, 0.2) is 12.1 Å². The second-order valence-electron chi connectivity index (χ2n) is 4.21. The van der Waals surface area contributed by atoms with E-state index in [2.05, 4.69) is 5.32 Å². The number of benzene rings is 1. The molecule has 0 saturated carbocycles. The molecule has 9 heteroatoms. The first kappa shape index (κ1) is 15.5. The maximum Gasteiger partial charge on any atom is 0.279 e. The Morgan fingerprint density at radius 2 is 1.95 bits per heavy atom. The van der Waals surface area contributed by atoms with Crippen molar-refractivity contribution in [2.75, 3.05) is 6.61 Å². The van der Waals surface area contributed by atoms with Gasteiger partial charge in [0.1, 0.15) is 0 Å². The van der Waals surface area contributed by atoms with Gasteiger partial charge in [-0.3, -0.25) is 25.0 Å². The summed E-state index contributed by atoms with van der Waals surface area (Å²) in [6.07, 6.45) is 0. The molecular formula is C11H13N3O6. The Balaban J connectivity index is 3.34. The number of nitrogens with one attached hydrogen (secondary N) is 1. The average Bonchev–Trinajstić information content (AvgIpc) is 2.37. The number of carbonyl (C=O) groups excluding carboxylic acids is 1. The van der Waals surface area contributed by atoms with Crippen LogP contribution in [0.3, 0.4) is 0 Å². The molecule has 0 aromatic heterocycles. The normalized spacial score (nSPS) is 11.8. The minimum atomic E-state index is -0.807. The van der Waals surface area contributed by atoms with Crippen molar-refractivity contribution in [1.29, 1.82) is 0 Å². The highest BCUT2D eigenvalue weighted by atomic mass is 16.6. The Morgan fingerprint density at radius 1 is 1.35 bits per heavy atom. The van der Waals surface area contributed by atoms with Gasteiger partial charge in [0, 0.05) is 17.7 Å².